The molecule has 0 bridgehead atoms. The lowest BCUT2D eigenvalue weighted by molar-refractivity contribution is 0.414. The Balaban J connectivity index is 0.00000364. The average Bonchev–Trinajstić information content (AvgIpc) is 2.69. The number of nitrogens with one attached hydrogen (secondary N) is 1. The van der Waals surface area contributed by atoms with Crippen LogP contribution in [0.1, 0.15) is 17.5 Å². The summed E-state index contributed by atoms with van der Waals surface area (Å²) in [6, 6.07) is 16.3. The van der Waals surface area contributed by atoms with Gasteiger partial charge in [-0.15, -0.1) is 24.0 Å². The first-order chi connectivity index (χ1) is 12.7. The van der Waals surface area contributed by atoms with Crippen molar-refractivity contribution in [1.82, 2.24) is 10.2 Å². The molecule has 0 saturated heterocycles. The number of hydrogen-bond acceptors (Lipinski definition) is 3. The summed E-state index contributed by atoms with van der Waals surface area (Å²) in [7, 11) is 7.23. The Kier molecular flexibility index (Phi) is 10.6. The second kappa shape index (κ2) is 12.4. The molecule has 0 aliphatic rings. The fraction of sp³-hybridized carbons (Fsp3) is 0.381. The number of rotatable bonds is 8. The Morgan fingerprint density at radius 1 is 0.926 bits per heavy atom. The summed E-state index contributed by atoms with van der Waals surface area (Å²) in [6.07, 6.45) is 2.07. The van der Waals surface area contributed by atoms with Gasteiger partial charge in [0.05, 0.1) is 14.2 Å². The van der Waals surface area contributed by atoms with Gasteiger partial charge in [0, 0.05) is 27.2 Å². The maximum atomic E-state index is 5.20. The van der Waals surface area contributed by atoms with Gasteiger partial charge in [0.1, 0.15) is 11.5 Å². The highest BCUT2D eigenvalue weighted by molar-refractivity contribution is 14.0. The van der Waals surface area contributed by atoms with Gasteiger partial charge in [0.2, 0.25) is 0 Å². The van der Waals surface area contributed by atoms with E-state index in [1.165, 1.54) is 11.1 Å². The number of hydrogen-bond donors (Lipinski definition) is 1. The Morgan fingerprint density at radius 3 is 1.93 bits per heavy atom. The van der Waals surface area contributed by atoms with Crippen molar-refractivity contribution in [1.29, 1.82) is 0 Å². The minimum absolute atomic E-state index is 0. The zero-order valence-electron chi connectivity index (χ0n) is 16.6. The van der Waals surface area contributed by atoms with Crippen molar-refractivity contribution < 1.29 is 9.47 Å². The standard InChI is InChI=1S/C21H29N3O2.HI/c1-22-21(24(2)16-18-9-13-20(26-4)14-10-18)23-15-5-6-17-7-11-19(25-3)12-8-17;/h7-14H,5-6,15-16H2,1-4H3,(H,22,23);1H. The van der Waals surface area contributed by atoms with Crippen LogP contribution in [0.5, 0.6) is 11.5 Å². The van der Waals surface area contributed by atoms with Crippen LogP contribution in [0.2, 0.25) is 0 Å². The van der Waals surface area contributed by atoms with Gasteiger partial charge in [0.25, 0.3) is 0 Å². The summed E-state index contributed by atoms with van der Waals surface area (Å²) in [5, 5.41) is 3.43. The molecule has 0 amide bonds. The van der Waals surface area contributed by atoms with Gasteiger partial charge < -0.3 is 19.7 Å². The molecule has 0 saturated carbocycles. The third kappa shape index (κ3) is 7.66. The Morgan fingerprint density at radius 2 is 1.44 bits per heavy atom. The third-order valence-corrected chi connectivity index (χ3v) is 4.24. The molecule has 2 rings (SSSR count). The number of methoxy groups -OCH3 is 2. The molecule has 0 aliphatic carbocycles. The van der Waals surface area contributed by atoms with Crippen LogP contribution in [-0.2, 0) is 13.0 Å². The van der Waals surface area contributed by atoms with E-state index in [0.717, 1.165) is 43.4 Å². The number of ether oxygens (including phenoxy) is 2. The van der Waals surface area contributed by atoms with Crippen molar-refractivity contribution in [3.63, 3.8) is 0 Å². The second-order valence-electron chi connectivity index (χ2n) is 6.13. The van der Waals surface area contributed by atoms with Crippen LogP contribution in [0.3, 0.4) is 0 Å². The van der Waals surface area contributed by atoms with Gasteiger partial charge in [-0.05, 0) is 48.2 Å². The van der Waals surface area contributed by atoms with E-state index in [9.17, 15) is 0 Å². The minimum atomic E-state index is 0. The normalized spacial score (nSPS) is 10.7. The number of guanidine groups is 1. The van der Waals surface area contributed by atoms with E-state index in [0.29, 0.717) is 0 Å². The van der Waals surface area contributed by atoms with Crippen LogP contribution in [0.25, 0.3) is 0 Å². The molecule has 0 heterocycles. The van der Waals surface area contributed by atoms with Crippen LogP contribution in [0.4, 0.5) is 0 Å². The summed E-state index contributed by atoms with van der Waals surface area (Å²) >= 11 is 0. The number of benzene rings is 2. The smallest absolute Gasteiger partial charge is 0.193 e. The van der Waals surface area contributed by atoms with Crippen molar-refractivity contribution in [2.75, 3.05) is 34.9 Å². The minimum Gasteiger partial charge on any atom is -0.497 e. The quantitative estimate of drug-likeness (QED) is 0.267. The maximum Gasteiger partial charge on any atom is 0.193 e. The third-order valence-electron chi connectivity index (χ3n) is 4.24. The predicted octanol–water partition coefficient (Wildman–Crippen LogP) is 3.96. The lowest BCUT2D eigenvalue weighted by Crippen LogP contribution is -2.39. The van der Waals surface area contributed by atoms with Gasteiger partial charge in [-0.3, -0.25) is 4.99 Å². The van der Waals surface area contributed by atoms with Crippen molar-refractivity contribution in [2.24, 2.45) is 4.99 Å². The van der Waals surface area contributed by atoms with Gasteiger partial charge >= 0.3 is 0 Å². The van der Waals surface area contributed by atoms with E-state index < -0.39 is 0 Å². The zero-order valence-corrected chi connectivity index (χ0v) is 18.9. The molecule has 0 atom stereocenters. The van der Waals surface area contributed by atoms with Gasteiger partial charge in [-0.1, -0.05) is 24.3 Å². The first-order valence-corrected chi connectivity index (χ1v) is 8.84. The van der Waals surface area contributed by atoms with Crippen molar-refractivity contribution in [3.8, 4) is 11.5 Å². The van der Waals surface area contributed by atoms with Crippen molar-refractivity contribution in [2.45, 2.75) is 19.4 Å². The summed E-state index contributed by atoms with van der Waals surface area (Å²) in [4.78, 5) is 6.50. The van der Waals surface area contributed by atoms with E-state index in [-0.39, 0.29) is 24.0 Å². The Labute approximate surface area is 179 Å². The lowest BCUT2D eigenvalue weighted by Gasteiger charge is -2.22. The average molecular weight is 483 g/mol. The maximum absolute atomic E-state index is 5.20. The number of aryl methyl sites for hydroxylation is 1. The molecule has 0 radical (unpaired) electrons. The Hall–Kier alpha value is -1.96. The summed E-state index contributed by atoms with van der Waals surface area (Å²) in [6.45, 7) is 1.67. The van der Waals surface area contributed by atoms with Gasteiger partial charge in [-0.2, -0.15) is 0 Å². The topological polar surface area (TPSA) is 46.1 Å². The first-order valence-electron chi connectivity index (χ1n) is 8.84. The highest BCUT2D eigenvalue weighted by Crippen LogP contribution is 2.13. The highest BCUT2D eigenvalue weighted by atomic mass is 127. The molecule has 27 heavy (non-hydrogen) atoms. The molecule has 2 aromatic carbocycles. The fourth-order valence-corrected chi connectivity index (χ4v) is 2.75. The monoisotopic (exact) mass is 483 g/mol. The number of nitrogens with zero attached hydrogens (tertiary/aromatic N) is 2. The van der Waals surface area contributed by atoms with Crippen LogP contribution >= 0.6 is 24.0 Å². The molecular formula is C21H30IN3O2. The molecule has 0 unspecified atom stereocenters. The largest absolute Gasteiger partial charge is 0.497 e. The van der Waals surface area contributed by atoms with Crippen LogP contribution < -0.4 is 14.8 Å². The van der Waals surface area contributed by atoms with E-state index >= 15 is 0 Å². The zero-order chi connectivity index (χ0) is 18.8. The second-order valence-corrected chi connectivity index (χ2v) is 6.13. The first kappa shape index (κ1) is 23.1. The Bertz CT molecular complexity index is 688. The molecule has 148 valence electrons. The molecule has 6 heteroatoms. The van der Waals surface area contributed by atoms with E-state index in [4.69, 9.17) is 9.47 Å². The highest BCUT2D eigenvalue weighted by Gasteiger charge is 2.06. The lowest BCUT2D eigenvalue weighted by atomic mass is 10.1. The fourth-order valence-electron chi connectivity index (χ4n) is 2.75. The van der Waals surface area contributed by atoms with E-state index in [1.807, 2.05) is 38.4 Å². The molecule has 0 aliphatic heterocycles. The molecule has 2 aromatic rings. The number of halogens is 1. The molecule has 1 N–H and O–H groups in total. The SMILES string of the molecule is CN=C(NCCCc1ccc(OC)cc1)N(C)Cc1ccc(OC)cc1.I. The van der Waals surface area contributed by atoms with E-state index in [2.05, 4.69) is 39.5 Å². The molecule has 0 fully saturated rings. The van der Waals surface area contributed by atoms with E-state index in [1.54, 1.807) is 14.2 Å². The van der Waals surface area contributed by atoms with Crippen LogP contribution in [0, 0.1) is 0 Å². The van der Waals surface area contributed by atoms with Crippen LogP contribution in [-0.4, -0.2) is 45.7 Å². The number of aliphatic imine (C=N–C) groups is 1. The van der Waals surface area contributed by atoms with Crippen LogP contribution in [0.15, 0.2) is 53.5 Å². The summed E-state index contributed by atoms with van der Waals surface area (Å²) < 4.78 is 10.4. The van der Waals surface area contributed by atoms with Gasteiger partial charge in [-0.25, -0.2) is 0 Å². The summed E-state index contributed by atoms with van der Waals surface area (Å²) in [5.41, 5.74) is 2.53. The molecule has 5 nitrogen and oxygen atoms in total. The molecular weight excluding hydrogens is 453 g/mol. The van der Waals surface area contributed by atoms with Crippen molar-refractivity contribution in [3.05, 3.63) is 59.7 Å². The summed E-state index contributed by atoms with van der Waals surface area (Å²) in [5.74, 6) is 2.67. The van der Waals surface area contributed by atoms with Crippen molar-refractivity contribution >= 4 is 29.9 Å². The van der Waals surface area contributed by atoms with Gasteiger partial charge in [0.15, 0.2) is 5.96 Å². The molecule has 0 aromatic heterocycles. The predicted molar refractivity (Wildman–Crippen MR) is 123 cm³/mol. The molecule has 0 spiro atoms.